The number of ether oxygens (including phenoxy) is 2. The van der Waals surface area contributed by atoms with E-state index in [1.165, 1.54) is 0 Å². The summed E-state index contributed by atoms with van der Waals surface area (Å²) in [5.41, 5.74) is 4.64. The predicted octanol–water partition coefficient (Wildman–Crippen LogP) is 3.46. The van der Waals surface area contributed by atoms with Crippen molar-refractivity contribution in [1.29, 1.82) is 0 Å². The SMILES string of the molecule is COc1cccc(CNC(=O)COC(=O)Cc2coc3cc(C)c(C)cc23)c1. The van der Waals surface area contributed by atoms with E-state index in [1.807, 2.05) is 50.2 Å². The number of nitrogens with one attached hydrogen (secondary N) is 1. The van der Waals surface area contributed by atoms with E-state index in [9.17, 15) is 9.59 Å². The molecular formula is C22H23NO5. The average molecular weight is 381 g/mol. The van der Waals surface area contributed by atoms with E-state index < -0.39 is 5.97 Å². The second kappa shape index (κ2) is 8.61. The highest BCUT2D eigenvalue weighted by Gasteiger charge is 2.14. The van der Waals surface area contributed by atoms with Crippen molar-refractivity contribution in [2.24, 2.45) is 0 Å². The van der Waals surface area contributed by atoms with Crippen LogP contribution in [0.4, 0.5) is 0 Å². The topological polar surface area (TPSA) is 77.8 Å². The Labute approximate surface area is 163 Å². The molecule has 0 atom stereocenters. The quantitative estimate of drug-likeness (QED) is 0.634. The zero-order valence-electron chi connectivity index (χ0n) is 16.2. The van der Waals surface area contributed by atoms with Crippen LogP contribution in [0.1, 0.15) is 22.3 Å². The number of aryl methyl sites for hydroxylation is 2. The second-order valence-corrected chi connectivity index (χ2v) is 6.66. The Bertz CT molecular complexity index is 1010. The molecule has 3 aromatic rings. The van der Waals surface area contributed by atoms with Gasteiger partial charge in [-0.05, 0) is 54.8 Å². The highest BCUT2D eigenvalue weighted by Crippen LogP contribution is 2.25. The molecule has 0 unspecified atom stereocenters. The van der Waals surface area contributed by atoms with Crippen molar-refractivity contribution in [2.75, 3.05) is 13.7 Å². The molecule has 6 heteroatoms. The summed E-state index contributed by atoms with van der Waals surface area (Å²) in [5.74, 6) is -0.118. The van der Waals surface area contributed by atoms with Crippen LogP contribution in [0.2, 0.25) is 0 Å². The predicted molar refractivity (Wildman–Crippen MR) is 105 cm³/mol. The normalized spacial score (nSPS) is 10.7. The van der Waals surface area contributed by atoms with Gasteiger partial charge in [0.05, 0.1) is 19.8 Å². The fraction of sp³-hybridized carbons (Fsp3) is 0.273. The Hall–Kier alpha value is -3.28. The molecule has 0 aliphatic rings. The zero-order valence-corrected chi connectivity index (χ0v) is 16.2. The third-order valence-corrected chi connectivity index (χ3v) is 4.59. The van der Waals surface area contributed by atoms with Crippen LogP contribution in [-0.4, -0.2) is 25.6 Å². The van der Waals surface area contributed by atoms with Crippen molar-refractivity contribution in [2.45, 2.75) is 26.8 Å². The van der Waals surface area contributed by atoms with Gasteiger partial charge in [-0.2, -0.15) is 0 Å². The van der Waals surface area contributed by atoms with Crippen molar-refractivity contribution < 1.29 is 23.5 Å². The number of carbonyl (C=O) groups is 2. The van der Waals surface area contributed by atoms with E-state index in [4.69, 9.17) is 13.9 Å². The molecule has 0 bridgehead atoms. The van der Waals surface area contributed by atoms with E-state index in [2.05, 4.69) is 5.32 Å². The highest BCUT2D eigenvalue weighted by atomic mass is 16.5. The molecule has 28 heavy (non-hydrogen) atoms. The Morgan fingerprint density at radius 2 is 1.89 bits per heavy atom. The second-order valence-electron chi connectivity index (χ2n) is 6.66. The fourth-order valence-corrected chi connectivity index (χ4v) is 2.86. The molecule has 1 N–H and O–H groups in total. The minimum absolute atomic E-state index is 0.0542. The van der Waals surface area contributed by atoms with Crippen molar-refractivity contribution in [1.82, 2.24) is 5.32 Å². The van der Waals surface area contributed by atoms with E-state index in [1.54, 1.807) is 13.4 Å². The average Bonchev–Trinajstić information content (AvgIpc) is 3.06. The summed E-state index contributed by atoms with van der Waals surface area (Å²) < 4.78 is 15.8. The molecular weight excluding hydrogens is 358 g/mol. The van der Waals surface area contributed by atoms with Crippen LogP contribution in [0.15, 0.2) is 47.1 Å². The summed E-state index contributed by atoms with van der Waals surface area (Å²) in [6.07, 6.45) is 1.62. The minimum Gasteiger partial charge on any atom is -0.497 e. The Balaban J connectivity index is 1.50. The molecule has 0 saturated carbocycles. The third kappa shape index (κ3) is 4.71. The van der Waals surface area contributed by atoms with Gasteiger partial charge in [-0.25, -0.2) is 0 Å². The minimum atomic E-state index is -0.475. The van der Waals surface area contributed by atoms with Gasteiger partial charge in [-0.1, -0.05) is 12.1 Å². The van der Waals surface area contributed by atoms with Crippen molar-refractivity contribution in [3.63, 3.8) is 0 Å². The van der Waals surface area contributed by atoms with Gasteiger partial charge in [0.1, 0.15) is 11.3 Å². The molecule has 0 fully saturated rings. The molecule has 6 nitrogen and oxygen atoms in total. The number of esters is 1. The summed E-state index contributed by atoms with van der Waals surface area (Å²) in [4.78, 5) is 24.0. The monoisotopic (exact) mass is 381 g/mol. The van der Waals surface area contributed by atoms with E-state index in [0.29, 0.717) is 6.54 Å². The number of carbonyl (C=O) groups excluding carboxylic acids is 2. The van der Waals surface area contributed by atoms with Gasteiger partial charge in [0.15, 0.2) is 6.61 Å². The molecule has 2 aromatic carbocycles. The number of amides is 1. The molecule has 0 spiro atoms. The van der Waals surface area contributed by atoms with Crippen LogP contribution in [0, 0.1) is 13.8 Å². The summed E-state index contributed by atoms with van der Waals surface area (Å²) in [6.45, 7) is 4.03. The Morgan fingerprint density at radius 1 is 1.11 bits per heavy atom. The first-order valence-electron chi connectivity index (χ1n) is 8.99. The van der Waals surface area contributed by atoms with Gasteiger partial charge in [0.25, 0.3) is 5.91 Å². The first-order chi connectivity index (χ1) is 13.5. The largest absolute Gasteiger partial charge is 0.497 e. The molecule has 1 heterocycles. The maximum atomic E-state index is 12.1. The lowest BCUT2D eigenvalue weighted by molar-refractivity contribution is -0.147. The molecule has 0 aliphatic carbocycles. The Kier molecular flexibility index (Phi) is 5.99. The van der Waals surface area contributed by atoms with Gasteiger partial charge in [-0.15, -0.1) is 0 Å². The van der Waals surface area contributed by atoms with Gasteiger partial charge in [-0.3, -0.25) is 9.59 Å². The molecule has 0 aliphatic heterocycles. The highest BCUT2D eigenvalue weighted by molar-refractivity contribution is 5.87. The molecule has 3 rings (SSSR count). The number of hydrogen-bond acceptors (Lipinski definition) is 5. The van der Waals surface area contributed by atoms with Crippen molar-refractivity contribution in [3.8, 4) is 5.75 Å². The fourth-order valence-electron chi connectivity index (χ4n) is 2.86. The summed E-state index contributed by atoms with van der Waals surface area (Å²) in [6, 6.07) is 11.3. The maximum absolute atomic E-state index is 12.1. The van der Waals surface area contributed by atoms with Crippen molar-refractivity contribution in [3.05, 3.63) is 64.9 Å². The number of furan rings is 1. The summed E-state index contributed by atoms with van der Waals surface area (Å²) in [5, 5.41) is 3.61. The van der Waals surface area contributed by atoms with Crippen LogP contribution in [0.5, 0.6) is 5.75 Å². The Morgan fingerprint density at radius 3 is 2.68 bits per heavy atom. The molecule has 1 amide bonds. The van der Waals surface area contributed by atoms with Gasteiger partial charge in [0.2, 0.25) is 0 Å². The van der Waals surface area contributed by atoms with Gasteiger partial charge >= 0.3 is 5.97 Å². The maximum Gasteiger partial charge on any atom is 0.310 e. The summed E-state index contributed by atoms with van der Waals surface area (Å²) >= 11 is 0. The number of benzene rings is 2. The number of methoxy groups -OCH3 is 1. The molecule has 0 radical (unpaired) electrons. The molecule has 0 saturated heterocycles. The van der Waals surface area contributed by atoms with Crippen LogP contribution in [0.25, 0.3) is 11.0 Å². The van der Waals surface area contributed by atoms with Crippen LogP contribution < -0.4 is 10.1 Å². The number of hydrogen-bond donors (Lipinski definition) is 1. The van der Waals surface area contributed by atoms with E-state index in [0.717, 1.165) is 39.0 Å². The smallest absolute Gasteiger partial charge is 0.310 e. The third-order valence-electron chi connectivity index (χ3n) is 4.59. The molecule has 1 aromatic heterocycles. The first kappa shape index (κ1) is 19.5. The lowest BCUT2D eigenvalue weighted by atomic mass is 10.0. The number of rotatable bonds is 7. The molecule has 146 valence electrons. The van der Waals surface area contributed by atoms with Crippen LogP contribution in [-0.2, 0) is 27.3 Å². The van der Waals surface area contributed by atoms with Crippen molar-refractivity contribution >= 4 is 22.8 Å². The van der Waals surface area contributed by atoms with Gasteiger partial charge in [0, 0.05) is 17.5 Å². The van der Waals surface area contributed by atoms with Gasteiger partial charge < -0.3 is 19.2 Å². The lowest BCUT2D eigenvalue weighted by Crippen LogP contribution is -2.28. The van der Waals surface area contributed by atoms with E-state index >= 15 is 0 Å². The standard InChI is InChI=1S/C22H23NO5/c1-14-7-19-17(12-27-20(19)8-15(14)2)10-22(25)28-13-21(24)23-11-16-5-4-6-18(9-16)26-3/h4-9,12H,10-11,13H2,1-3H3,(H,23,24). The summed E-state index contributed by atoms with van der Waals surface area (Å²) in [7, 11) is 1.59. The van der Waals surface area contributed by atoms with E-state index in [-0.39, 0.29) is 18.9 Å². The van der Waals surface area contributed by atoms with Crippen LogP contribution in [0.3, 0.4) is 0 Å². The zero-order chi connectivity index (χ0) is 20.1. The lowest BCUT2D eigenvalue weighted by Gasteiger charge is -2.08. The number of fused-ring (bicyclic) bond motifs is 1. The first-order valence-corrected chi connectivity index (χ1v) is 8.99. The van der Waals surface area contributed by atoms with Crippen LogP contribution >= 0.6 is 0 Å².